The van der Waals surface area contributed by atoms with Gasteiger partial charge in [0.1, 0.15) is 6.29 Å². The summed E-state index contributed by atoms with van der Waals surface area (Å²) in [5, 5.41) is 0. The zero-order valence-electron chi connectivity index (χ0n) is 12.3. The van der Waals surface area contributed by atoms with Crippen molar-refractivity contribution >= 4 is 6.29 Å². The van der Waals surface area contributed by atoms with Crippen LogP contribution in [0.25, 0.3) is 0 Å². The lowest BCUT2D eigenvalue weighted by Crippen LogP contribution is -2.40. The molecule has 0 radical (unpaired) electrons. The summed E-state index contributed by atoms with van der Waals surface area (Å²) in [4.78, 5) is 13.4. The van der Waals surface area contributed by atoms with Gasteiger partial charge in [-0.05, 0) is 43.4 Å². The van der Waals surface area contributed by atoms with Gasteiger partial charge >= 0.3 is 0 Å². The number of aldehydes is 1. The fourth-order valence-electron chi connectivity index (χ4n) is 2.90. The van der Waals surface area contributed by atoms with E-state index in [2.05, 4.69) is 49.9 Å². The van der Waals surface area contributed by atoms with Gasteiger partial charge < -0.3 is 4.79 Å². The lowest BCUT2D eigenvalue weighted by Gasteiger charge is -2.36. The fourth-order valence-corrected chi connectivity index (χ4v) is 2.90. The van der Waals surface area contributed by atoms with E-state index >= 15 is 0 Å². The molecule has 104 valence electrons. The molecule has 0 aromatic heterocycles. The van der Waals surface area contributed by atoms with Crippen molar-refractivity contribution in [2.75, 3.05) is 6.54 Å². The summed E-state index contributed by atoms with van der Waals surface area (Å²) in [7, 11) is 0. The maximum Gasteiger partial charge on any atom is 0.123 e. The highest BCUT2D eigenvalue weighted by molar-refractivity contribution is 5.53. The van der Waals surface area contributed by atoms with Crippen LogP contribution in [0.3, 0.4) is 0 Å². The zero-order chi connectivity index (χ0) is 13.8. The average Bonchev–Trinajstić information content (AvgIpc) is 2.41. The summed E-state index contributed by atoms with van der Waals surface area (Å²) in [6.07, 6.45) is 3.15. The Bertz CT molecular complexity index is 427. The molecule has 2 nitrogen and oxygen atoms in total. The SMILES string of the molecule is CC(C)c1cccc(CN2CCC(C=O)CC2C)c1. The number of hydrogen-bond donors (Lipinski definition) is 0. The molecule has 1 heterocycles. The normalized spacial score (nSPS) is 24.6. The summed E-state index contributed by atoms with van der Waals surface area (Å²) < 4.78 is 0. The molecule has 19 heavy (non-hydrogen) atoms. The Balaban J connectivity index is 2.01. The molecule has 0 bridgehead atoms. The van der Waals surface area contributed by atoms with Gasteiger partial charge in [0.25, 0.3) is 0 Å². The molecule has 2 rings (SSSR count). The summed E-state index contributed by atoms with van der Waals surface area (Å²) in [5.41, 5.74) is 2.80. The van der Waals surface area contributed by atoms with E-state index in [4.69, 9.17) is 0 Å². The standard InChI is InChI=1S/C17H25NO/c1-13(2)17-6-4-5-15(10-17)11-18-8-7-16(12-19)9-14(18)3/h4-6,10,12-14,16H,7-9,11H2,1-3H3. The first kappa shape index (κ1) is 14.3. The molecular weight excluding hydrogens is 234 g/mol. The van der Waals surface area contributed by atoms with Gasteiger partial charge in [0.05, 0.1) is 0 Å². The molecule has 1 saturated heterocycles. The molecule has 1 fully saturated rings. The number of piperidine rings is 1. The van der Waals surface area contributed by atoms with Gasteiger partial charge in [-0.3, -0.25) is 4.90 Å². The maximum absolute atomic E-state index is 10.9. The number of carbonyl (C=O) groups excluding carboxylic acids is 1. The summed E-state index contributed by atoms with van der Waals surface area (Å²) in [5.74, 6) is 0.853. The van der Waals surface area contributed by atoms with E-state index < -0.39 is 0 Å². The van der Waals surface area contributed by atoms with Crippen LogP contribution in [-0.2, 0) is 11.3 Å². The van der Waals surface area contributed by atoms with E-state index in [-0.39, 0.29) is 5.92 Å². The Morgan fingerprint density at radius 3 is 2.84 bits per heavy atom. The molecule has 2 unspecified atom stereocenters. The fraction of sp³-hybridized carbons (Fsp3) is 0.588. The number of nitrogens with zero attached hydrogens (tertiary/aromatic N) is 1. The van der Waals surface area contributed by atoms with Crippen molar-refractivity contribution in [3.8, 4) is 0 Å². The minimum atomic E-state index is 0.272. The van der Waals surface area contributed by atoms with Crippen LogP contribution in [0.5, 0.6) is 0 Å². The van der Waals surface area contributed by atoms with Crippen LogP contribution in [0.2, 0.25) is 0 Å². The van der Waals surface area contributed by atoms with Gasteiger partial charge in [-0.1, -0.05) is 38.1 Å². The van der Waals surface area contributed by atoms with Crippen molar-refractivity contribution in [1.82, 2.24) is 4.90 Å². The van der Waals surface area contributed by atoms with Gasteiger partial charge in [0.2, 0.25) is 0 Å². The van der Waals surface area contributed by atoms with E-state index in [0.717, 1.165) is 32.2 Å². The van der Waals surface area contributed by atoms with Crippen molar-refractivity contribution in [3.63, 3.8) is 0 Å². The zero-order valence-corrected chi connectivity index (χ0v) is 12.3. The number of likely N-dealkylation sites (tertiary alicyclic amines) is 1. The Morgan fingerprint density at radius 2 is 2.21 bits per heavy atom. The number of carbonyl (C=O) groups is 1. The first-order valence-corrected chi connectivity index (χ1v) is 7.38. The molecule has 1 aromatic rings. The van der Waals surface area contributed by atoms with Crippen molar-refractivity contribution in [3.05, 3.63) is 35.4 Å². The first-order valence-electron chi connectivity index (χ1n) is 7.38. The van der Waals surface area contributed by atoms with Crippen LogP contribution < -0.4 is 0 Å². The van der Waals surface area contributed by atoms with E-state index in [1.807, 2.05) is 0 Å². The molecule has 2 heteroatoms. The Labute approximate surface area is 116 Å². The maximum atomic E-state index is 10.9. The second kappa shape index (κ2) is 6.33. The number of hydrogen-bond acceptors (Lipinski definition) is 2. The highest BCUT2D eigenvalue weighted by atomic mass is 16.1. The van der Waals surface area contributed by atoms with E-state index in [0.29, 0.717) is 12.0 Å². The number of benzene rings is 1. The van der Waals surface area contributed by atoms with Crippen molar-refractivity contribution in [1.29, 1.82) is 0 Å². The van der Waals surface area contributed by atoms with E-state index in [1.54, 1.807) is 0 Å². The quantitative estimate of drug-likeness (QED) is 0.770. The molecule has 0 N–H and O–H groups in total. The molecule has 1 aliphatic heterocycles. The third-order valence-electron chi connectivity index (χ3n) is 4.25. The molecule has 1 aromatic carbocycles. The Kier molecular flexibility index (Phi) is 4.76. The van der Waals surface area contributed by atoms with Gasteiger partial charge in [-0.25, -0.2) is 0 Å². The summed E-state index contributed by atoms with van der Waals surface area (Å²) in [6.45, 7) is 8.75. The minimum Gasteiger partial charge on any atom is -0.303 e. The van der Waals surface area contributed by atoms with Crippen LogP contribution >= 0.6 is 0 Å². The largest absolute Gasteiger partial charge is 0.303 e. The van der Waals surface area contributed by atoms with E-state index in [1.165, 1.54) is 11.1 Å². The number of rotatable bonds is 4. The highest BCUT2D eigenvalue weighted by Gasteiger charge is 2.24. The van der Waals surface area contributed by atoms with Crippen molar-refractivity contribution < 1.29 is 4.79 Å². The Hall–Kier alpha value is -1.15. The van der Waals surface area contributed by atoms with Crippen LogP contribution in [0.15, 0.2) is 24.3 Å². The average molecular weight is 259 g/mol. The third-order valence-corrected chi connectivity index (χ3v) is 4.25. The lowest BCUT2D eigenvalue weighted by molar-refractivity contribution is -0.113. The van der Waals surface area contributed by atoms with Crippen molar-refractivity contribution in [2.24, 2.45) is 5.92 Å². The predicted molar refractivity (Wildman–Crippen MR) is 79.2 cm³/mol. The third kappa shape index (κ3) is 3.66. The molecule has 1 aliphatic rings. The van der Waals surface area contributed by atoms with Crippen LogP contribution in [0.4, 0.5) is 0 Å². The predicted octanol–water partition coefficient (Wildman–Crippen LogP) is 3.61. The van der Waals surface area contributed by atoms with Gasteiger partial charge in [-0.15, -0.1) is 0 Å². The molecule has 0 amide bonds. The topological polar surface area (TPSA) is 20.3 Å². The lowest BCUT2D eigenvalue weighted by atomic mass is 9.92. The van der Waals surface area contributed by atoms with E-state index in [9.17, 15) is 4.79 Å². The van der Waals surface area contributed by atoms with Crippen LogP contribution in [0, 0.1) is 5.92 Å². The van der Waals surface area contributed by atoms with Crippen molar-refractivity contribution in [2.45, 2.75) is 52.1 Å². The highest BCUT2D eigenvalue weighted by Crippen LogP contribution is 2.24. The minimum absolute atomic E-state index is 0.272. The Morgan fingerprint density at radius 1 is 1.42 bits per heavy atom. The molecule has 0 spiro atoms. The molecular formula is C17H25NO. The summed E-state index contributed by atoms with van der Waals surface area (Å²) >= 11 is 0. The van der Waals surface area contributed by atoms with Gasteiger partial charge in [0.15, 0.2) is 0 Å². The van der Waals surface area contributed by atoms with Crippen LogP contribution in [0.1, 0.15) is 50.7 Å². The molecule has 0 aliphatic carbocycles. The second-order valence-corrected chi connectivity index (χ2v) is 6.14. The molecule has 2 atom stereocenters. The van der Waals surface area contributed by atoms with Gasteiger partial charge in [-0.2, -0.15) is 0 Å². The van der Waals surface area contributed by atoms with Crippen LogP contribution in [-0.4, -0.2) is 23.8 Å². The first-order chi connectivity index (χ1) is 9.10. The smallest absolute Gasteiger partial charge is 0.123 e. The second-order valence-electron chi connectivity index (χ2n) is 6.14. The van der Waals surface area contributed by atoms with Gasteiger partial charge in [0, 0.05) is 18.5 Å². The monoisotopic (exact) mass is 259 g/mol. The summed E-state index contributed by atoms with van der Waals surface area (Å²) in [6, 6.07) is 9.41. The molecule has 0 saturated carbocycles.